The number of carbonyl (C=O) groups is 1. The second-order valence-electron chi connectivity index (χ2n) is 6.12. The van der Waals surface area contributed by atoms with Gasteiger partial charge in [0.15, 0.2) is 12.4 Å². The molecule has 24 heavy (non-hydrogen) atoms. The van der Waals surface area contributed by atoms with Crippen molar-refractivity contribution in [2.45, 2.75) is 26.1 Å². The van der Waals surface area contributed by atoms with Crippen molar-refractivity contribution in [2.24, 2.45) is 0 Å². The first-order valence-corrected chi connectivity index (χ1v) is 8.02. The Bertz CT molecular complexity index is 708. The Morgan fingerprint density at radius 2 is 1.88 bits per heavy atom. The van der Waals surface area contributed by atoms with Gasteiger partial charge >= 0.3 is 0 Å². The molecule has 1 aromatic heterocycles. The highest BCUT2D eigenvalue weighted by Crippen LogP contribution is 2.22. The Labute approximate surface area is 141 Å². The van der Waals surface area contributed by atoms with E-state index in [1.165, 1.54) is 12.4 Å². The third kappa shape index (κ3) is 3.83. The van der Waals surface area contributed by atoms with E-state index in [-0.39, 0.29) is 18.1 Å². The number of rotatable bonds is 3. The number of pyridine rings is 1. The Kier molecular flexibility index (Phi) is 4.66. The average Bonchev–Trinajstić information content (AvgIpc) is 2.54. The molecule has 6 heteroatoms. The number of hydrogen-bond acceptors (Lipinski definition) is 4. The molecule has 1 aliphatic rings. The van der Waals surface area contributed by atoms with Crippen molar-refractivity contribution < 1.29 is 14.3 Å². The zero-order valence-corrected chi connectivity index (χ0v) is 13.8. The van der Waals surface area contributed by atoms with E-state index in [0.29, 0.717) is 16.0 Å². The number of amides is 1. The van der Waals surface area contributed by atoms with Crippen molar-refractivity contribution in [1.29, 1.82) is 0 Å². The van der Waals surface area contributed by atoms with Crippen molar-refractivity contribution in [3.8, 4) is 0 Å². The summed E-state index contributed by atoms with van der Waals surface area (Å²) in [5.41, 5.74) is 2.12. The first-order valence-electron chi connectivity index (χ1n) is 8.02. The standard InChI is InChI=1S/C18H21N3O3/c1-13-10-20(11-14(2)24-13)17-7-5-16(6-8-17)19-18(22)15-4-3-9-21(23)12-15/h3-9,12-14H,10-11H2,1-2H3,(H,19,22)/t13-,14-/m0/s1. The Balaban J connectivity index is 1.67. The van der Waals surface area contributed by atoms with Gasteiger partial charge in [-0.1, -0.05) is 0 Å². The molecule has 2 aromatic rings. The molecular weight excluding hydrogens is 306 g/mol. The molecule has 0 radical (unpaired) electrons. The Morgan fingerprint density at radius 3 is 2.50 bits per heavy atom. The van der Waals surface area contributed by atoms with Gasteiger partial charge < -0.3 is 20.2 Å². The molecule has 1 amide bonds. The molecule has 1 saturated heterocycles. The monoisotopic (exact) mass is 327 g/mol. The summed E-state index contributed by atoms with van der Waals surface area (Å²) in [5.74, 6) is -0.304. The lowest BCUT2D eigenvalue weighted by atomic mass is 10.2. The van der Waals surface area contributed by atoms with E-state index < -0.39 is 0 Å². The van der Waals surface area contributed by atoms with Gasteiger partial charge in [-0.2, -0.15) is 4.73 Å². The largest absolute Gasteiger partial charge is 0.619 e. The summed E-state index contributed by atoms with van der Waals surface area (Å²) in [6.07, 6.45) is 2.99. The van der Waals surface area contributed by atoms with Gasteiger partial charge in [-0.3, -0.25) is 4.79 Å². The number of carbonyl (C=O) groups excluding carboxylic acids is 1. The first kappa shape index (κ1) is 16.3. The normalized spacial score (nSPS) is 20.7. The van der Waals surface area contributed by atoms with Crippen LogP contribution in [-0.2, 0) is 4.74 Å². The third-order valence-electron chi connectivity index (χ3n) is 3.95. The maximum Gasteiger partial charge on any atom is 0.261 e. The van der Waals surface area contributed by atoms with E-state index in [1.54, 1.807) is 12.1 Å². The van der Waals surface area contributed by atoms with Gasteiger partial charge in [0.1, 0.15) is 5.56 Å². The fourth-order valence-corrected chi connectivity index (χ4v) is 2.94. The second kappa shape index (κ2) is 6.88. The number of hydrogen-bond donors (Lipinski definition) is 1. The lowest BCUT2D eigenvalue weighted by Crippen LogP contribution is -2.45. The van der Waals surface area contributed by atoms with Crippen molar-refractivity contribution in [3.05, 3.63) is 59.6 Å². The number of ether oxygens (including phenoxy) is 1. The molecule has 2 heterocycles. The van der Waals surface area contributed by atoms with Crippen LogP contribution >= 0.6 is 0 Å². The van der Waals surface area contributed by atoms with Gasteiger partial charge in [0.2, 0.25) is 0 Å². The summed E-state index contributed by atoms with van der Waals surface area (Å²) in [6.45, 7) is 5.84. The van der Waals surface area contributed by atoms with E-state index in [1.807, 2.05) is 24.3 Å². The lowest BCUT2D eigenvalue weighted by molar-refractivity contribution is -0.605. The molecule has 1 aliphatic heterocycles. The van der Waals surface area contributed by atoms with Crippen LogP contribution < -0.4 is 14.9 Å². The van der Waals surface area contributed by atoms with Crippen molar-refractivity contribution >= 4 is 17.3 Å². The molecule has 0 aliphatic carbocycles. The summed E-state index contributed by atoms with van der Waals surface area (Å²) in [7, 11) is 0. The minimum Gasteiger partial charge on any atom is -0.619 e. The first-order chi connectivity index (χ1) is 11.5. The van der Waals surface area contributed by atoms with Gasteiger partial charge in [0.05, 0.1) is 12.2 Å². The van der Waals surface area contributed by atoms with Gasteiger partial charge in [-0.15, -0.1) is 0 Å². The molecule has 0 saturated carbocycles. The summed E-state index contributed by atoms with van der Waals surface area (Å²) in [6, 6.07) is 10.9. The van der Waals surface area contributed by atoms with Crippen LogP contribution in [0.5, 0.6) is 0 Å². The van der Waals surface area contributed by atoms with Crippen LogP contribution in [0.1, 0.15) is 24.2 Å². The van der Waals surface area contributed by atoms with Crippen LogP contribution in [0.25, 0.3) is 0 Å². The maximum atomic E-state index is 12.1. The molecule has 0 bridgehead atoms. The van der Waals surface area contributed by atoms with Crippen LogP contribution in [0.4, 0.5) is 11.4 Å². The number of benzene rings is 1. The molecule has 6 nitrogen and oxygen atoms in total. The average molecular weight is 327 g/mol. The molecule has 1 N–H and O–H groups in total. The third-order valence-corrected chi connectivity index (χ3v) is 3.95. The molecule has 3 rings (SSSR count). The number of morpholine rings is 1. The highest BCUT2D eigenvalue weighted by molar-refractivity contribution is 6.03. The van der Waals surface area contributed by atoms with Gasteiger partial charge in [-0.05, 0) is 44.2 Å². The quantitative estimate of drug-likeness (QED) is 0.693. The fraction of sp³-hybridized carbons (Fsp3) is 0.333. The van der Waals surface area contributed by atoms with Crippen LogP contribution in [0.3, 0.4) is 0 Å². The van der Waals surface area contributed by atoms with Crippen LogP contribution in [0, 0.1) is 5.21 Å². The number of nitrogens with one attached hydrogen (secondary N) is 1. The lowest BCUT2D eigenvalue weighted by Gasteiger charge is -2.36. The molecule has 1 aromatic carbocycles. The zero-order valence-electron chi connectivity index (χ0n) is 13.8. The van der Waals surface area contributed by atoms with Crippen molar-refractivity contribution in [2.75, 3.05) is 23.3 Å². The van der Waals surface area contributed by atoms with Crippen LogP contribution in [0.2, 0.25) is 0 Å². The van der Waals surface area contributed by atoms with E-state index in [9.17, 15) is 10.0 Å². The van der Waals surface area contributed by atoms with E-state index in [0.717, 1.165) is 18.8 Å². The smallest absolute Gasteiger partial charge is 0.261 e. The number of nitrogens with zero attached hydrogens (tertiary/aromatic N) is 2. The number of aromatic nitrogens is 1. The molecule has 126 valence electrons. The Morgan fingerprint density at radius 1 is 1.21 bits per heavy atom. The van der Waals surface area contributed by atoms with Gasteiger partial charge in [-0.25, -0.2) is 0 Å². The minimum absolute atomic E-state index is 0.199. The maximum absolute atomic E-state index is 12.1. The van der Waals surface area contributed by atoms with Crippen LogP contribution in [-0.4, -0.2) is 31.2 Å². The molecular formula is C18H21N3O3. The second-order valence-corrected chi connectivity index (χ2v) is 6.12. The zero-order chi connectivity index (χ0) is 17.1. The molecule has 1 fully saturated rings. The predicted octanol–water partition coefficient (Wildman–Crippen LogP) is 2.19. The van der Waals surface area contributed by atoms with E-state index in [2.05, 4.69) is 24.1 Å². The molecule has 2 atom stereocenters. The van der Waals surface area contributed by atoms with Gasteiger partial charge in [0, 0.05) is 30.5 Å². The minimum atomic E-state index is -0.304. The Hall–Kier alpha value is -2.60. The number of anilines is 2. The van der Waals surface area contributed by atoms with Crippen molar-refractivity contribution in [3.63, 3.8) is 0 Å². The highest BCUT2D eigenvalue weighted by Gasteiger charge is 2.22. The molecule has 0 spiro atoms. The summed E-state index contributed by atoms with van der Waals surface area (Å²) in [4.78, 5) is 14.4. The van der Waals surface area contributed by atoms with Crippen LogP contribution in [0.15, 0.2) is 48.8 Å². The van der Waals surface area contributed by atoms with Gasteiger partial charge in [0.25, 0.3) is 5.91 Å². The highest BCUT2D eigenvalue weighted by atomic mass is 16.5. The van der Waals surface area contributed by atoms with E-state index >= 15 is 0 Å². The SMILES string of the molecule is C[C@H]1CN(c2ccc(NC(=O)c3ccc[n+]([O-])c3)cc2)C[C@H](C)O1. The summed E-state index contributed by atoms with van der Waals surface area (Å²) < 4.78 is 6.36. The molecule has 0 unspecified atom stereocenters. The summed E-state index contributed by atoms with van der Waals surface area (Å²) in [5, 5.41) is 14.0. The fourth-order valence-electron chi connectivity index (χ4n) is 2.94. The topological polar surface area (TPSA) is 68.5 Å². The predicted molar refractivity (Wildman–Crippen MR) is 92.0 cm³/mol. The van der Waals surface area contributed by atoms with E-state index in [4.69, 9.17) is 4.74 Å². The van der Waals surface area contributed by atoms with Crippen molar-refractivity contribution in [1.82, 2.24) is 0 Å². The summed E-state index contributed by atoms with van der Waals surface area (Å²) >= 11 is 0.